The molecular weight excluding hydrogens is 279 g/mol. The minimum Gasteiger partial charge on any atom is -0.313 e. The second-order valence-electron chi connectivity index (χ2n) is 5.18. The van der Waals surface area contributed by atoms with Crippen LogP contribution in [0.5, 0.6) is 0 Å². The molecule has 0 spiro atoms. The Kier molecular flexibility index (Phi) is 4.78. The number of nitrogens with one attached hydrogen (secondary N) is 2. The van der Waals surface area contributed by atoms with Crippen molar-refractivity contribution in [2.24, 2.45) is 5.92 Å². The van der Waals surface area contributed by atoms with E-state index >= 15 is 0 Å². The van der Waals surface area contributed by atoms with Crippen LogP contribution in [-0.4, -0.2) is 21.0 Å². The van der Waals surface area contributed by atoms with Gasteiger partial charge in [-0.2, -0.15) is 0 Å². The van der Waals surface area contributed by atoms with E-state index in [0.29, 0.717) is 12.5 Å². The van der Waals surface area contributed by atoms with Gasteiger partial charge in [0.1, 0.15) is 10.7 Å². The van der Waals surface area contributed by atoms with Gasteiger partial charge in [-0.3, -0.25) is 0 Å². The molecule has 4 nitrogen and oxygen atoms in total. The summed E-state index contributed by atoms with van der Waals surface area (Å²) in [6.45, 7) is 5.29. The summed E-state index contributed by atoms with van der Waals surface area (Å²) in [5.41, 5.74) is 0.761. The van der Waals surface area contributed by atoms with E-state index < -0.39 is 15.8 Å². The summed E-state index contributed by atoms with van der Waals surface area (Å²) in [6, 6.07) is 4.18. The molecule has 1 aliphatic rings. The van der Waals surface area contributed by atoms with Crippen LogP contribution in [0, 0.1) is 11.7 Å². The second kappa shape index (κ2) is 6.20. The lowest BCUT2D eigenvalue weighted by atomic mass is 10.2. The zero-order chi connectivity index (χ0) is 14.8. The highest BCUT2D eigenvalue weighted by Gasteiger charge is 2.39. The molecule has 2 atom stereocenters. The summed E-state index contributed by atoms with van der Waals surface area (Å²) in [4.78, 5) is -0.255. The standard InChI is InChI=1S/C14H21FN2O2S/c1-3-11-8-13(11)17-20(18,19)14-7-10(9-16-4-2)5-6-12(14)15/h5-7,11,13,16-17H,3-4,8-9H2,1-2H3. The Hall–Kier alpha value is -0.980. The Balaban J connectivity index is 2.17. The molecule has 112 valence electrons. The Morgan fingerprint density at radius 2 is 2.10 bits per heavy atom. The number of rotatable bonds is 7. The van der Waals surface area contributed by atoms with Crippen LogP contribution < -0.4 is 10.0 Å². The molecule has 0 saturated heterocycles. The van der Waals surface area contributed by atoms with Crippen LogP contribution in [0.25, 0.3) is 0 Å². The van der Waals surface area contributed by atoms with Gasteiger partial charge in [0.05, 0.1) is 0 Å². The highest BCUT2D eigenvalue weighted by molar-refractivity contribution is 7.89. The van der Waals surface area contributed by atoms with Crippen molar-refractivity contribution in [3.05, 3.63) is 29.6 Å². The highest BCUT2D eigenvalue weighted by atomic mass is 32.2. The third-order valence-corrected chi connectivity index (χ3v) is 5.12. The number of hydrogen-bond acceptors (Lipinski definition) is 3. The Morgan fingerprint density at radius 3 is 2.70 bits per heavy atom. The maximum Gasteiger partial charge on any atom is 0.243 e. The smallest absolute Gasteiger partial charge is 0.243 e. The average Bonchev–Trinajstić information content (AvgIpc) is 3.15. The topological polar surface area (TPSA) is 58.2 Å². The van der Waals surface area contributed by atoms with Gasteiger partial charge in [0.25, 0.3) is 0 Å². The molecule has 0 radical (unpaired) electrons. The van der Waals surface area contributed by atoms with Crippen molar-refractivity contribution < 1.29 is 12.8 Å². The van der Waals surface area contributed by atoms with E-state index in [2.05, 4.69) is 10.0 Å². The Bertz CT molecular complexity index is 575. The van der Waals surface area contributed by atoms with Crippen molar-refractivity contribution in [1.29, 1.82) is 0 Å². The first-order valence-corrected chi connectivity index (χ1v) is 8.47. The molecule has 0 aromatic heterocycles. The number of sulfonamides is 1. The SMILES string of the molecule is CCNCc1ccc(F)c(S(=O)(=O)NC2CC2CC)c1. The molecule has 2 N–H and O–H groups in total. The van der Waals surface area contributed by atoms with Crippen LogP contribution in [0.15, 0.2) is 23.1 Å². The van der Waals surface area contributed by atoms with Crippen LogP contribution >= 0.6 is 0 Å². The van der Waals surface area contributed by atoms with E-state index in [-0.39, 0.29) is 10.9 Å². The Morgan fingerprint density at radius 1 is 1.35 bits per heavy atom. The summed E-state index contributed by atoms with van der Waals surface area (Å²) in [6.07, 6.45) is 1.78. The first-order chi connectivity index (χ1) is 9.47. The summed E-state index contributed by atoms with van der Waals surface area (Å²) in [5.74, 6) is -0.316. The van der Waals surface area contributed by atoms with Crippen molar-refractivity contribution in [3.8, 4) is 0 Å². The van der Waals surface area contributed by atoms with E-state index in [1.165, 1.54) is 12.1 Å². The fourth-order valence-electron chi connectivity index (χ4n) is 2.24. The molecule has 1 fully saturated rings. The summed E-state index contributed by atoms with van der Waals surface area (Å²) in [5, 5.41) is 3.09. The van der Waals surface area contributed by atoms with Gasteiger partial charge in [0.15, 0.2) is 0 Å². The maximum absolute atomic E-state index is 13.8. The molecule has 2 unspecified atom stereocenters. The van der Waals surface area contributed by atoms with Crippen LogP contribution in [-0.2, 0) is 16.6 Å². The third kappa shape index (κ3) is 3.56. The molecule has 0 heterocycles. The van der Waals surface area contributed by atoms with Gasteiger partial charge in [0.2, 0.25) is 10.0 Å². The van der Waals surface area contributed by atoms with Gasteiger partial charge in [-0.1, -0.05) is 26.3 Å². The predicted molar refractivity (Wildman–Crippen MR) is 76.3 cm³/mol. The van der Waals surface area contributed by atoms with Crippen LogP contribution in [0.1, 0.15) is 32.3 Å². The van der Waals surface area contributed by atoms with E-state index in [0.717, 1.165) is 24.9 Å². The zero-order valence-electron chi connectivity index (χ0n) is 11.8. The van der Waals surface area contributed by atoms with Gasteiger partial charge in [-0.15, -0.1) is 0 Å². The molecule has 6 heteroatoms. The molecule has 0 aliphatic heterocycles. The lowest BCUT2D eigenvalue weighted by Gasteiger charge is -2.09. The van der Waals surface area contributed by atoms with E-state index in [4.69, 9.17) is 0 Å². The molecule has 1 aromatic carbocycles. The van der Waals surface area contributed by atoms with Crippen molar-refractivity contribution in [2.75, 3.05) is 6.54 Å². The second-order valence-corrected chi connectivity index (χ2v) is 6.86. The fourth-order valence-corrected chi connectivity index (χ4v) is 3.68. The number of benzene rings is 1. The zero-order valence-corrected chi connectivity index (χ0v) is 12.6. The van der Waals surface area contributed by atoms with Crippen LogP contribution in [0.4, 0.5) is 4.39 Å². The molecule has 20 heavy (non-hydrogen) atoms. The minimum absolute atomic E-state index is 0.0400. The highest BCUT2D eigenvalue weighted by Crippen LogP contribution is 2.34. The van der Waals surface area contributed by atoms with Gasteiger partial charge in [-0.05, 0) is 36.6 Å². The van der Waals surface area contributed by atoms with E-state index in [9.17, 15) is 12.8 Å². The third-order valence-electron chi connectivity index (χ3n) is 3.62. The molecule has 0 bridgehead atoms. The molecule has 1 aromatic rings. The number of hydrogen-bond donors (Lipinski definition) is 2. The summed E-state index contributed by atoms with van der Waals surface area (Å²) >= 11 is 0. The molecule has 1 aliphatic carbocycles. The molecule has 1 saturated carbocycles. The van der Waals surface area contributed by atoms with Crippen molar-refractivity contribution in [1.82, 2.24) is 10.0 Å². The normalized spacial score (nSPS) is 21.9. The fraction of sp³-hybridized carbons (Fsp3) is 0.571. The quantitative estimate of drug-likeness (QED) is 0.810. The van der Waals surface area contributed by atoms with Crippen molar-refractivity contribution in [2.45, 2.75) is 44.2 Å². The van der Waals surface area contributed by atoms with Crippen molar-refractivity contribution in [3.63, 3.8) is 0 Å². The monoisotopic (exact) mass is 300 g/mol. The molecule has 0 amide bonds. The van der Waals surface area contributed by atoms with Gasteiger partial charge in [-0.25, -0.2) is 17.5 Å². The first kappa shape index (κ1) is 15.4. The van der Waals surface area contributed by atoms with Crippen LogP contribution in [0.2, 0.25) is 0 Å². The predicted octanol–water partition coefficient (Wildman–Crippen LogP) is 2.01. The van der Waals surface area contributed by atoms with E-state index in [1.807, 2.05) is 13.8 Å². The van der Waals surface area contributed by atoms with E-state index in [1.54, 1.807) is 6.07 Å². The lowest BCUT2D eigenvalue weighted by Crippen LogP contribution is -2.28. The molecular formula is C14H21FN2O2S. The number of halogens is 1. The van der Waals surface area contributed by atoms with Gasteiger partial charge in [0, 0.05) is 12.6 Å². The largest absolute Gasteiger partial charge is 0.313 e. The summed E-state index contributed by atoms with van der Waals surface area (Å²) in [7, 11) is -3.77. The summed E-state index contributed by atoms with van der Waals surface area (Å²) < 4.78 is 40.8. The molecule has 2 rings (SSSR count). The average molecular weight is 300 g/mol. The lowest BCUT2D eigenvalue weighted by molar-refractivity contribution is 0.552. The first-order valence-electron chi connectivity index (χ1n) is 6.99. The van der Waals surface area contributed by atoms with Gasteiger partial charge < -0.3 is 5.32 Å². The minimum atomic E-state index is -3.77. The Labute approximate surface area is 119 Å². The van der Waals surface area contributed by atoms with Gasteiger partial charge >= 0.3 is 0 Å². The maximum atomic E-state index is 13.8. The van der Waals surface area contributed by atoms with Crippen LogP contribution in [0.3, 0.4) is 0 Å². The van der Waals surface area contributed by atoms with Crippen molar-refractivity contribution >= 4 is 10.0 Å².